The predicted octanol–water partition coefficient (Wildman–Crippen LogP) is 4.29. The number of hydrogen-bond acceptors (Lipinski definition) is 3. The van der Waals surface area contributed by atoms with E-state index in [-0.39, 0.29) is 41.6 Å². The molecule has 0 aromatic heterocycles. The first kappa shape index (κ1) is 24.2. The highest BCUT2D eigenvalue weighted by molar-refractivity contribution is 14.0. The van der Waals surface area contributed by atoms with Gasteiger partial charge in [0.15, 0.2) is 17.5 Å². The third-order valence-corrected chi connectivity index (χ3v) is 4.15. The molecule has 1 unspecified atom stereocenters. The zero-order valence-electron chi connectivity index (χ0n) is 16.6. The molecule has 154 valence electrons. The van der Waals surface area contributed by atoms with E-state index in [0.717, 1.165) is 18.5 Å². The van der Waals surface area contributed by atoms with E-state index < -0.39 is 0 Å². The van der Waals surface area contributed by atoms with Crippen molar-refractivity contribution >= 4 is 29.9 Å². The van der Waals surface area contributed by atoms with Gasteiger partial charge in [-0.15, -0.1) is 24.0 Å². The lowest BCUT2D eigenvalue weighted by molar-refractivity contribution is 0.0646. The van der Waals surface area contributed by atoms with Crippen LogP contribution in [0.15, 0.2) is 53.5 Å². The number of methoxy groups -OCH3 is 1. The second-order valence-electron chi connectivity index (χ2n) is 6.10. The molecular formula is C21H29FIN3O2. The van der Waals surface area contributed by atoms with E-state index in [0.29, 0.717) is 19.1 Å². The first-order valence-electron chi connectivity index (χ1n) is 9.07. The summed E-state index contributed by atoms with van der Waals surface area (Å²) in [5.41, 5.74) is 1.99. The Hall–Kier alpha value is -1.87. The number of aliphatic imine (C=N–C) groups is 1. The normalized spacial score (nSPS) is 12.1. The molecule has 0 saturated carbocycles. The Bertz CT molecular complexity index is 729. The summed E-state index contributed by atoms with van der Waals surface area (Å²) in [4.78, 5) is 4.17. The number of benzene rings is 2. The Morgan fingerprint density at radius 2 is 1.89 bits per heavy atom. The van der Waals surface area contributed by atoms with Gasteiger partial charge in [-0.25, -0.2) is 4.39 Å². The van der Waals surface area contributed by atoms with Crippen molar-refractivity contribution in [3.63, 3.8) is 0 Å². The number of ether oxygens (including phenoxy) is 2. The lowest BCUT2D eigenvalue weighted by Crippen LogP contribution is -2.37. The first-order valence-corrected chi connectivity index (χ1v) is 9.07. The van der Waals surface area contributed by atoms with Crippen molar-refractivity contribution < 1.29 is 13.9 Å². The number of halogens is 2. The van der Waals surface area contributed by atoms with E-state index in [1.54, 1.807) is 13.1 Å². The minimum absolute atomic E-state index is 0. The van der Waals surface area contributed by atoms with Crippen LogP contribution in [-0.2, 0) is 11.3 Å². The molecule has 2 N–H and O–H groups in total. The third kappa shape index (κ3) is 8.02. The standard InChI is InChI=1S/C21H28FN3O2.HI/c1-16(18-8-5-4-6-9-18)27-13-7-12-24-21(23-2)25-15-17-10-11-20(26-3)19(22)14-17;/h4-6,8-11,14,16H,7,12-13,15H2,1-3H3,(H2,23,24,25);1H. The molecule has 0 radical (unpaired) electrons. The SMILES string of the molecule is CN=C(NCCCOC(C)c1ccccc1)NCc1ccc(OC)c(F)c1.I. The molecule has 5 nitrogen and oxygen atoms in total. The zero-order valence-corrected chi connectivity index (χ0v) is 18.9. The van der Waals surface area contributed by atoms with Crippen molar-refractivity contribution in [2.45, 2.75) is 26.0 Å². The number of nitrogens with one attached hydrogen (secondary N) is 2. The van der Waals surface area contributed by atoms with Gasteiger partial charge in [-0.3, -0.25) is 4.99 Å². The van der Waals surface area contributed by atoms with Crippen molar-refractivity contribution in [2.75, 3.05) is 27.3 Å². The summed E-state index contributed by atoms with van der Waals surface area (Å²) in [6.45, 7) is 3.92. The fourth-order valence-corrected chi connectivity index (χ4v) is 2.59. The second-order valence-corrected chi connectivity index (χ2v) is 6.10. The average Bonchev–Trinajstić information content (AvgIpc) is 2.70. The van der Waals surface area contributed by atoms with Crippen LogP contribution in [0.2, 0.25) is 0 Å². The topological polar surface area (TPSA) is 54.9 Å². The molecule has 0 heterocycles. The minimum Gasteiger partial charge on any atom is -0.494 e. The number of nitrogens with zero attached hydrogens (tertiary/aromatic N) is 1. The van der Waals surface area contributed by atoms with E-state index in [4.69, 9.17) is 9.47 Å². The summed E-state index contributed by atoms with van der Waals surface area (Å²) in [5.74, 6) is 0.540. The zero-order chi connectivity index (χ0) is 19.5. The lowest BCUT2D eigenvalue weighted by Gasteiger charge is -2.15. The van der Waals surface area contributed by atoms with Gasteiger partial charge in [0.2, 0.25) is 0 Å². The van der Waals surface area contributed by atoms with Crippen LogP contribution in [0.25, 0.3) is 0 Å². The van der Waals surface area contributed by atoms with Crippen LogP contribution >= 0.6 is 24.0 Å². The van der Waals surface area contributed by atoms with Gasteiger partial charge in [0.25, 0.3) is 0 Å². The molecule has 2 aromatic rings. The van der Waals surface area contributed by atoms with E-state index in [9.17, 15) is 4.39 Å². The molecule has 2 aromatic carbocycles. The lowest BCUT2D eigenvalue weighted by atomic mass is 10.1. The van der Waals surface area contributed by atoms with Crippen LogP contribution in [0.5, 0.6) is 5.75 Å². The van der Waals surface area contributed by atoms with E-state index in [2.05, 4.69) is 34.7 Å². The van der Waals surface area contributed by atoms with E-state index >= 15 is 0 Å². The number of hydrogen-bond donors (Lipinski definition) is 2. The summed E-state index contributed by atoms with van der Waals surface area (Å²) in [6.07, 6.45) is 0.934. The quantitative estimate of drug-likeness (QED) is 0.233. The summed E-state index contributed by atoms with van der Waals surface area (Å²) >= 11 is 0. The van der Waals surface area contributed by atoms with Gasteiger partial charge < -0.3 is 20.1 Å². The van der Waals surface area contributed by atoms with Crippen molar-refractivity contribution in [3.05, 3.63) is 65.5 Å². The van der Waals surface area contributed by atoms with Crippen LogP contribution in [0.4, 0.5) is 4.39 Å². The van der Waals surface area contributed by atoms with Gasteiger partial charge >= 0.3 is 0 Å². The van der Waals surface area contributed by atoms with Gasteiger partial charge in [-0.05, 0) is 36.6 Å². The second kappa shape index (κ2) is 13.3. The van der Waals surface area contributed by atoms with E-state index in [1.807, 2.05) is 24.3 Å². The minimum atomic E-state index is -0.371. The Labute approximate surface area is 183 Å². The molecule has 0 aliphatic heterocycles. The van der Waals surface area contributed by atoms with Crippen LogP contribution in [0.1, 0.15) is 30.6 Å². The maximum atomic E-state index is 13.7. The number of guanidine groups is 1. The van der Waals surface area contributed by atoms with Crippen molar-refractivity contribution in [1.82, 2.24) is 10.6 Å². The molecule has 28 heavy (non-hydrogen) atoms. The highest BCUT2D eigenvalue weighted by Crippen LogP contribution is 2.17. The fraction of sp³-hybridized carbons (Fsp3) is 0.381. The Kier molecular flexibility index (Phi) is 11.5. The maximum absolute atomic E-state index is 13.7. The van der Waals surface area contributed by atoms with Crippen LogP contribution in [0.3, 0.4) is 0 Å². The highest BCUT2D eigenvalue weighted by Gasteiger charge is 2.06. The summed E-state index contributed by atoms with van der Waals surface area (Å²) in [6, 6.07) is 15.1. The van der Waals surface area contributed by atoms with Crippen molar-refractivity contribution in [1.29, 1.82) is 0 Å². The average molecular weight is 501 g/mol. The molecular weight excluding hydrogens is 472 g/mol. The van der Waals surface area contributed by atoms with Crippen molar-refractivity contribution in [3.8, 4) is 5.75 Å². The van der Waals surface area contributed by atoms with Crippen LogP contribution in [0, 0.1) is 5.82 Å². The van der Waals surface area contributed by atoms with Gasteiger partial charge in [0.1, 0.15) is 0 Å². The smallest absolute Gasteiger partial charge is 0.191 e. The van der Waals surface area contributed by atoms with Crippen LogP contribution in [-0.4, -0.2) is 33.3 Å². The molecule has 0 amide bonds. The Morgan fingerprint density at radius 3 is 2.54 bits per heavy atom. The molecule has 0 saturated heterocycles. The van der Waals surface area contributed by atoms with Gasteiger partial charge in [-0.2, -0.15) is 0 Å². The third-order valence-electron chi connectivity index (χ3n) is 4.15. The maximum Gasteiger partial charge on any atom is 0.191 e. The molecule has 0 fully saturated rings. The molecule has 0 aliphatic rings. The van der Waals surface area contributed by atoms with Gasteiger partial charge in [0, 0.05) is 26.7 Å². The summed E-state index contributed by atoms with van der Waals surface area (Å²) in [5, 5.41) is 6.40. The molecule has 7 heteroatoms. The molecule has 2 rings (SSSR count). The molecule has 0 aliphatic carbocycles. The fourth-order valence-electron chi connectivity index (χ4n) is 2.59. The molecule has 1 atom stereocenters. The first-order chi connectivity index (χ1) is 13.1. The highest BCUT2D eigenvalue weighted by atomic mass is 127. The van der Waals surface area contributed by atoms with Crippen molar-refractivity contribution in [2.24, 2.45) is 4.99 Å². The Morgan fingerprint density at radius 1 is 1.14 bits per heavy atom. The summed E-state index contributed by atoms with van der Waals surface area (Å²) in [7, 11) is 3.16. The van der Waals surface area contributed by atoms with Crippen LogP contribution < -0.4 is 15.4 Å². The number of rotatable bonds is 9. The summed E-state index contributed by atoms with van der Waals surface area (Å²) < 4.78 is 24.5. The molecule has 0 spiro atoms. The van der Waals surface area contributed by atoms with Gasteiger partial charge in [-0.1, -0.05) is 36.4 Å². The predicted molar refractivity (Wildman–Crippen MR) is 122 cm³/mol. The largest absolute Gasteiger partial charge is 0.494 e. The van der Waals surface area contributed by atoms with E-state index in [1.165, 1.54) is 18.7 Å². The monoisotopic (exact) mass is 501 g/mol. The molecule has 0 bridgehead atoms. The Balaban J connectivity index is 0.00000392. The van der Waals surface area contributed by atoms with Gasteiger partial charge in [0.05, 0.1) is 13.2 Å².